The number of nitrogens with one attached hydrogen (secondary N) is 1. The summed E-state index contributed by atoms with van der Waals surface area (Å²) in [5.41, 5.74) is 0.0110. The van der Waals surface area contributed by atoms with E-state index in [2.05, 4.69) is 5.32 Å². The summed E-state index contributed by atoms with van der Waals surface area (Å²) >= 11 is 0. The van der Waals surface area contributed by atoms with E-state index >= 15 is 0 Å². The Morgan fingerprint density at radius 1 is 1.26 bits per heavy atom. The first kappa shape index (κ1) is 13.2. The third kappa shape index (κ3) is 3.37. The van der Waals surface area contributed by atoms with E-state index < -0.39 is 12.1 Å². The van der Waals surface area contributed by atoms with Gasteiger partial charge in [0, 0.05) is 5.69 Å². The number of hydrogen-bond donors (Lipinski definition) is 3. The number of aromatic carboxylic acids is 1. The molecule has 1 amide bonds. The maximum atomic E-state index is 11.6. The maximum absolute atomic E-state index is 11.6. The van der Waals surface area contributed by atoms with Crippen molar-refractivity contribution < 1.29 is 24.5 Å². The van der Waals surface area contributed by atoms with Crippen LogP contribution in [0.25, 0.3) is 0 Å². The van der Waals surface area contributed by atoms with Gasteiger partial charge in [-0.3, -0.25) is 5.32 Å². The Bertz CT molecular complexity index is 494. The number of carbonyl (C=O) groups excluding carboxylic acids is 1. The van der Waals surface area contributed by atoms with Crippen molar-refractivity contribution in [2.45, 2.75) is 31.8 Å². The average molecular weight is 265 g/mol. The first-order valence-corrected chi connectivity index (χ1v) is 6.10. The molecule has 102 valence electrons. The molecule has 1 fully saturated rings. The van der Waals surface area contributed by atoms with Crippen LogP contribution in [-0.4, -0.2) is 28.4 Å². The van der Waals surface area contributed by atoms with Gasteiger partial charge in [0.15, 0.2) is 0 Å². The molecule has 2 rings (SSSR count). The molecule has 19 heavy (non-hydrogen) atoms. The molecule has 0 spiro atoms. The number of aromatic hydroxyl groups is 1. The zero-order valence-corrected chi connectivity index (χ0v) is 10.3. The molecule has 0 aliphatic heterocycles. The van der Waals surface area contributed by atoms with Crippen molar-refractivity contribution in [2.75, 3.05) is 5.32 Å². The molecule has 0 heterocycles. The van der Waals surface area contributed by atoms with Gasteiger partial charge in [-0.1, -0.05) is 0 Å². The molecule has 1 aliphatic carbocycles. The minimum Gasteiger partial charge on any atom is -0.507 e. The molecular formula is C13H15NO5. The molecule has 0 saturated heterocycles. The van der Waals surface area contributed by atoms with Gasteiger partial charge in [0.1, 0.15) is 17.4 Å². The zero-order valence-electron chi connectivity index (χ0n) is 10.3. The van der Waals surface area contributed by atoms with Crippen LogP contribution in [0.3, 0.4) is 0 Å². The minimum absolute atomic E-state index is 0.0592. The number of ether oxygens (including phenoxy) is 1. The maximum Gasteiger partial charge on any atom is 0.411 e. The Labute approximate surface area is 110 Å². The number of amides is 1. The Morgan fingerprint density at radius 2 is 1.95 bits per heavy atom. The number of carboxylic acid groups (broad SMARTS) is 1. The van der Waals surface area contributed by atoms with Crippen molar-refractivity contribution in [2.24, 2.45) is 0 Å². The topological polar surface area (TPSA) is 95.9 Å². The Kier molecular flexibility index (Phi) is 3.89. The Hall–Kier alpha value is -2.24. The highest BCUT2D eigenvalue weighted by Gasteiger charge is 2.19. The monoisotopic (exact) mass is 265 g/mol. The second-order valence-corrected chi connectivity index (χ2v) is 4.47. The van der Waals surface area contributed by atoms with E-state index in [0.29, 0.717) is 0 Å². The predicted octanol–water partition coefficient (Wildman–Crippen LogP) is 2.58. The van der Waals surface area contributed by atoms with E-state index in [1.165, 1.54) is 18.2 Å². The molecule has 0 aromatic heterocycles. The van der Waals surface area contributed by atoms with Crippen LogP contribution < -0.4 is 5.32 Å². The lowest BCUT2D eigenvalue weighted by atomic mass is 10.2. The molecule has 3 N–H and O–H groups in total. The zero-order chi connectivity index (χ0) is 13.8. The first-order chi connectivity index (χ1) is 9.06. The molecule has 0 bridgehead atoms. The summed E-state index contributed by atoms with van der Waals surface area (Å²) in [5.74, 6) is -1.60. The molecule has 0 atom stereocenters. The van der Waals surface area contributed by atoms with E-state index in [9.17, 15) is 14.7 Å². The molecule has 1 aliphatic rings. The summed E-state index contributed by atoms with van der Waals surface area (Å²) in [4.78, 5) is 22.4. The summed E-state index contributed by atoms with van der Waals surface area (Å²) in [7, 11) is 0. The van der Waals surface area contributed by atoms with Crippen molar-refractivity contribution in [1.82, 2.24) is 0 Å². The van der Waals surface area contributed by atoms with E-state index in [0.717, 1.165) is 25.7 Å². The van der Waals surface area contributed by atoms with Crippen molar-refractivity contribution in [1.29, 1.82) is 0 Å². The number of carboxylic acids is 1. The summed E-state index contributed by atoms with van der Waals surface area (Å²) in [6.45, 7) is 0. The lowest BCUT2D eigenvalue weighted by molar-refractivity contribution is 0.0693. The highest BCUT2D eigenvalue weighted by atomic mass is 16.6. The van der Waals surface area contributed by atoms with Crippen LogP contribution in [0.2, 0.25) is 0 Å². The number of hydrogen-bond acceptors (Lipinski definition) is 4. The summed E-state index contributed by atoms with van der Waals surface area (Å²) in [6.07, 6.45) is 3.18. The summed E-state index contributed by atoms with van der Waals surface area (Å²) in [6, 6.07) is 3.82. The Morgan fingerprint density at radius 3 is 2.58 bits per heavy atom. The first-order valence-electron chi connectivity index (χ1n) is 6.10. The highest BCUT2D eigenvalue weighted by molar-refractivity contribution is 5.93. The van der Waals surface area contributed by atoms with Crippen LogP contribution in [0, 0.1) is 0 Å². The summed E-state index contributed by atoms with van der Waals surface area (Å²) in [5, 5.41) is 20.7. The third-order valence-corrected chi connectivity index (χ3v) is 3.05. The molecule has 0 unspecified atom stereocenters. The van der Waals surface area contributed by atoms with E-state index in [1.807, 2.05) is 0 Å². The SMILES string of the molecule is O=C(Nc1ccc(O)c(C(=O)O)c1)OC1CCCC1. The fourth-order valence-electron chi connectivity index (χ4n) is 2.09. The number of rotatable bonds is 3. The van der Waals surface area contributed by atoms with E-state index in [1.54, 1.807) is 0 Å². The van der Waals surface area contributed by atoms with Gasteiger partial charge in [-0.05, 0) is 43.9 Å². The standard InChI is InChI=1S/C13H15NO5/c15-11-6-5-8(7-10(11)12(16)17)14-13(18)19-9-3-1-2-4-9/h5-7,9,15H,1-4H2,(H,14,18)(H,16,17). The quantitative estimate of drug-likeness (QED) is 0.730. The highest BCUT2D eigenvalue weighted by Crippen LogP contribution is 2.23. The lowest BCUT2D eigenvalue weighted by Gasteiger charge is -2.12. The average Bonchev–Trinajstić information content (AvgIpc) is 2.84. The van der Waals surface area contributed by atoms with Crippen LogP contribution in [0.1, 0.15) is 36.0 Å². The van der Waals surface area contributed by atoms with Crippen LogP contribution >= 0.6 is 0 Å². The van der Waals surface area contributed by atoms with Crippen LogP contribution in [0.15, 0.2) is 18.2 Å². The van der Waals surface area contributed by atoms with Crippen molar-refractivity contribution in [3.8, 4) is 5.75 Å². The molecular weight excluding hydrogens is 250 g/mol. The van der Waals surface area contributed by atoms with Gasteiger partial charge >= 0.3 is 12.1 Å². The fraction of sp³-hybridized carbons (Fsp3) is 0.385. The largest absolute Gasteiger partial charge is 0.507 e. The smallest absolute Gasteiger partial charge is 0.411 e. The van der Waals surface area contributed by atoms with Crippen molar-refractivity contribution in [3.63, 3.8) is 0 Å². The summed E-state index contributed by atoms with van der Waals surface area (Å²) < 4.78 is 5.19. The predicted molar refractivity (Wildman–Crippen MR) is 67.4 cm³/mol. The van der Waals surface area contributed by atoms with Gasteiger partial charge in [-0.2, -0.15) is 0 Å². The molecule has 0 radical (unpaired) electrons. The van der Waals surface area contributed by atoms with Gasteiger partial charge in [-0.25, -0.2) is 9.59 Å². The normalized spacial score (nSPS) is 15.2. The van der Waals surface area contributed by atoms with Crippen LogP contribution in [0.4, 0.5) is 10.5 Å². The van der Waals surface area contributed by atoms with Crippen molar-refractivity contribution in [3.05, 3.63) is 23.8 Å². The van der Waals surface area contributed by atoms with Gasteiger partial charge in [0.25, 0.3) is 0 Å². The van der Waals surface area contributed by atoms with E-state index in [4.69, 9.17) is 9.84 Å². The van der Waals surface area contributed by atoms with Crippen LogP contribution in [-0.2, 0) is 4.74 Å². The molecule has 1 aromatic rings. The molecule has 6 nitrogen and oxygen atoms in total. The van der Waals surface area contributed by atoms with Gasteiger partial charge < -0.3 is 14.9 Å². The van der Waals surface area contributed by atoms with Gasteiger partial charge in [-0.15, -0.1) is 0 Å². The van der Waals surface area contributed by atoms with Crippen molar-refractivity contribution >= 4 is 17.7 Å². The molecule has 6 heteroatoms. The fourth-order valence-corrected chi connectivity index (χ4v) is 2.09. The van der Waals surface area contributed by atoms with E-state index in [-0.39, 0.29) is 23.1 Å². The minimum atomic E-state index is -1.26. The second-order valence-electron chi connectivity index (χ2n) is 4.47. The van der Waals surface area contributed by atoms with Crippen LogP contribution in [0.5, 0.6) is 5.75 Å². The van der Waals surface area contributed by atoms with Gasteiger partial charge in [0.2, 0.25) is 0 Å². The third-order valence-electron chi connectivity index (χ3n) is 3.05. The number of anilines is 1. The molecule has 1 aromatic carbocycles. The Balaban J connectivity index is 2.00. The number of benzene rings is 1. The number of carbonyl (C=O) groups is 2. The lowest BCUT2D eigenvalue weighted by Crippen LogP contribution is -2.20. The number of phenols is 1. The second kappa shape index (κ2) is 5.60. The van der Waals surface area contributed by atoms with Gasteiger partial charge in [0.05, 0.1) is 0 Å². The molecule has 1 saturated carbocycles.